The number of nitrogens with one attached hydrogen (secondary N) is 1. The van der Waals surface area contributed by atoms with E-state index in [9.17, 15) is 8.42 Å². The summed E-state index contributed by atoms with van der Waals surface area (Å²) >= 11 is 5.77. The van der Waals surface area contributed by atoms with E-state index in [4.69, 9.17) is 22.6 Å². The van der Waals surface area contributed by atoms with E-state index in [0.717, 1.165) is 0 Å². The van der Waals surface area contributed by atoms with Crippen LogP contribution < -0.4 is 10.5 Å². The van der Waals surface area contributed by atoms with Crippen LogP contribution in [-0.2, 0) is 10.0 Å². The standard InChI is InChI=1S/C10H12ClN3O2S/c1-7(5-12)14-17(15,16)9-3-2-8(6-13)10(11)4-9/h2-4,7,14H,5,12H2,1H3/t7-/m1/s1. The van der Waals surface area contributed by atoms with Gasteiger partial charge in [0.2, 0.25) is 10.0 Å². The van der Waals surface area contributed by atoms with Gasteiger partial charge in [0.1, 0.15) is 6.07 Å². The summed E-state index contributed by atoms with van der Waals surface area (Å²) < 4.78 is 26.1. The summed E-state index contributed by atoms with van der Waals surface area (Å²) in [6.45, 7) is 1.85. The molecule has 3 N–H and O–H groups in total. The van der Waals surface area contributed by atoms with Crippen LogP contribution in [0.2, 0.25) is 5.02 Å². The van der Waals surface area contributed by atoms with Gasteiger partial charge in [0, 0.05) is 12.6 Å². The predicted octanol–water partition coefficient (Wildman–Crippen LogP) is 0.837. The smallest absolute Gasteiger partial charge is 0.240 e. The second kappa shape index (κ2) is 5.47. The SMILES string of the molecule is C[C@H](CN)NS(=O)(=O)c1ccc(C#N)c(Cl)c1. The molecule has 0 spiro atoms. The lowest BCUT2D eigenvalue weighted by Crippen LogP contribution is -2.37. The second-order valence-corrected chi connectivity index (χ2v) is 5.63. The van der Waals surface area contributed by atoms with Crippen molar-refractivity contribution < 1.29 is 8.42 Å². The van der Waals surface area contributed by atoms with E-state index in [1.807, 2.05) is 6.07 Å². The number of rotatable bonds is 4. The maximum atomic E-state index is 11.8. The fraction of sp³-hybridized carbons (Fsp3) is 0.300. The number of hydrogen-bond acceptors (Lipinski definition) is 4. The van der Waals surface area contributed by atoms with Crippen molar-refractivity contribution in [3.05, 3.63) is 28.8 Å². The van der Waals surface area contributed by atoms with Crippen LogP contribution in [0.4, 0.5) is 0 Å². The number of nitrogens with zero attached hydrogens (tertiary/aromatic N) is 1. The summed E-state index contributed by atoms with van der Waals surface area (Å²) in [6.07, 6.45) is 0. The molecule has 0 aromatic heterocycles. The normalized spacial score (nSPS) is 13.1. The fourth-order valence-corrected chi connectivity index (χ4v) is 2.70. The van der Waals surface area contributed by atoms with Crippen molar-refractivity contribution in [1.82, 2.24) is 4.72 Å². The molecule has 0 heterocycles. The van der Waals surface area contributed by atoms with Crippen LogP contribution in [0.1, 0.15) is 12.5 Å². The van der Waals surface area contributed by atoms with Gasteiger partial charge in [-0.05, 0) is 25.1 Å². The molecule has 0 aliphatic carbocycles. The van der Waals surface area contributed by atoms with Crippen LogP contribution in [0, 0.1) is 11.3 Å². The van der Waals surface area contributed by atoms with E-state index >= 15 is 0 Å². The molecule has 0 saturated heterocycles. The molecule has 1 atom stereocenters. The first-order chi connectivity index (χ1) is 7.90. The minimum Gasteiger partial charge on any atom is -0.329 e. The lowest BCUT2D eigenvalue weighted by molar-refractivity contribution is 0.562. The average Bonchev–Trinajstić information content (AvgIpc) is 2.28. The molecular formula is C10H12ClN3O2S. The largest absolute Gasteiger partial charge is 0.329 e. The van der Waals surface area contributed by atoms with Crippen molar-refractivity contribution in [2.24, 2.45) is 5.73 Å². The molecule has 0 aliphatic heterocycles. The number of sulfonamides is 1. The monoisotopic (exact) mass is 273 g/mol. The van der Waals surface area contributed by atoms with Gasteiger partial charge in [0.05, 0.1) is 15.5 Å². The Hall–Kier alpha value is -1.13. The van der Waals surface area contributed by atoms with Crippen LogP contribution in [-0.4, -0.2) is 21.0 Å². The Balaban J connectivity index is 3.09. The van der Waals surface area contributed by atoms with Crippen molar-refractivity contribution in [2.45, 2.75) is 17.9 Å². The zero-order valence-electron chi connectivity index (χ0n) is 9.14. The zero-order chi connectivity index (χ0) is 13.1. The molecule has 1 rings (SSSR count). The quantitative estimate of drug-likeness (QED) is 0.849. The van der Waals surface area contributed by atoms with E-state index in [0.29, 0.717) is 0 Å². The summed E-state index contributed by atoms with van der Waals surface area (Å²) in [5.41, 5.74) is 5.57. The van der Waals surface area contributed by atoms with Gasteiger partial charge in [-0.15, -0.1) is 0 Å². The minimum absolute atomic E-state index is 0.0156. The molecule has 7 heteroatoms. The van der Waals surface area contributed by atoms with E-state index in [2.05, 4.69) is 4.72 Å². The number of nitrogens with two attached hydrogens (primary N) is 1. The third kappa shape index (κ3) is 3.41. The third-order valence-electron chi connectivity index (χ3n) is 2.08. The summed E-state index contributed by atoms with van der Waals surface area (Å²) in [5, 5.41) is 8.79. The molecular weight excluding hydrogens is 262 g/mol. The van der Waals surface area contributed by atoms with E-state index in [-0.39, 0.29) is 28.1 Å². The first-order valence-corrected chi connectivity index (χ1v) is 6.69. The van der Waals surface area contributed by atoms with Crippen LogP contribution >= 0.6 is 11.6 Å². The Kier molecular flexibility index (Phi) is 4.48. The Labute approximate surface area is 105 Å². The molecule has 0 amide bonds. The van der Waals surface area contributed by atoms with Crippen LogP contribution in [0.3, 0.4) is 0 Å². The highest BCUT2D eigenvalue weighted by Gasteiger charge is 2.17. The predicted molar refractivity (Wildman–Crippen MR) is 65.0 cm³/mol. The molecule has 1 aromatic carbocycles. The van der Waals surface area contributed by atoms with Gasteiger partial charge in [-0.1, -0.05) is 11.6 Å². The van der Waals surface area contributed by atoms with E-state index in [1.165, 1.54) is 18.2 Å². The van der Waals surface area contributed by atoms with Crippen molar-refractivity contribution in [2.75, 3.05) is 6.54 Å². The van der Waals surface area contributed by atoms with Gasteiger partial charge in [-0.3, -0.25) is 0 Å². The first kappa shape index (κ1) is 13.9. The van der Waals surface area contributed by atoms with Gasteiger partial charge in [0.15, 0.2) is 0 Å². The molecule has 17 heavy (non-hydrogen) atoms. The highest BCUT2D eigenvalue weighted by atomic mass is 35.5. The zero-order valence-corrected chi connectivity index (χ0v) is 10.7. The summed E-state index contributed by atoms with van der Waals surface area (Å²) in [6, 6.07) is 5.43. The maximum Gasteiger partial charge on any atom is 0.240 e. The molecule has 1 aromatic rings. The number of nitriles is 1. The summed E-state index contributed by atoms with van der Waals surface area (Å²) in [7, 11) is -3.64. The van der Waals surface area contributed by atoms with Crippen molar-refractivity contribution in [3.8, 4) is 6.07 Å². The van der Waals surface area contributed by atoms with Gasteiger partial charge >= 0.3 is 0 Å². The van der Waals surface area contributed by atoms with Gasteiger partial charge in [0.25, 0.3) is 0 Å². The second-order valence-electron chi connectivity index (χ2n) is 3.51. The number of halogens is 1. The summed E-state index contributed by atoms with van der Waals surface area (Å²) in [5.74, 6) is 0. The van der Waals surface area contributed by atoms with Crippen LogP contribution in [0.15, 0.2) is 23.1 Å². The molecule has 0 fully saturated rings. The van der Waals surface area contributed by atoms with E-state index in [1.54, 1.807) is 6.92 Å². The molecule has 0 aliphatic rings. The molecule has 0 radical (unpaired) electrons. The molecule has 92 valence electrons. The lowest BCUT2D eigenvalue weighted by Gasteiger charge is -2.12. The fourth-order valence-electron chi connectivity index (χ4n) is 1.13. The Morgan fingerprint density at radius 2 is 2.24 bits per heavy atom. The first-order valence-electron chi connectivity index (χ1n) is 4.82. The Bertz CT molecular complexity index is 551. The minimum atomic E-state index is -3.64. The molecule has 0 saturated carbocycles. The van der Waals surface area contributed by atoms with Crippen molar-refractivity contribution in [1.29, 1.82) is 5.26 Å². The Morgan fingerprint density at radius 3 is 2.71 bits per heavy atom. The molecule has 0 bridgehead atoms. The highest BCUT2D eigenvalue weighted by molar-refractivity contribution is 7.89. The van der Waals surface area contributed by atoms with Crippen LogP contribution in [0.5, 0.6) is 0 Å². The van der Waals surface area contributed by atoms with Gasteiger partial charge in [-0.2, -0.15) is 5.26 Å². The van der Waals surface area contributed by atoms with Gasteiger partial charge in [-0.25, -0.2) is 13.1 Å². The topological polar surface area (TPSA) is 96.0 Å². The van der Waals surface area contributed by atoms with Gasteiger partial charge < -0.3 is 5.73 Å². The molecule has 5 nitrogen and oxygen atoms in total. The number of hydrogen-bond donors (Lipinski definition) is 2. The van der Waals surface area contributed by atoms with Crippen molar-refractivity contribution >= 4 is 21.6 Å². The van der Waals surface area contributed by atoms with Crippen LogP contribution in [0.25, 0.3) is 0 Å². The summed E-state index contributed by atoms with van der Waals surface area (Å²) in [4.78, 5) is 0.0156. The Morgan fingerprint density at radius 1 is 1.59 bits per heavy atom. The van der Waals surface area contributed by atoms with E-state index < -0.39 is 10.0 Å². The third-order valence-corrected chi connectivity index (χ3v) is 3.98. The molecule has 0 unspecified atom stereocenters. The highest BCUT2D eigenvalue weighted by Crippen LogP contribution is 2.20. The average molecular weight is 274 g/mol. The number of benzene rings is 1. The van der Waals surface area contributed by atoms with Crippen molar-refractivity contribution in [3.63, 3.8) is 0 Å². The maximum absolute atomic E-state index is 11.8. The lowest BCUT2D eigenvalue weighted by atomic mass is 10.2.